The summed E-state index contributed by atoms with van der Waals surface area (Å²) in [5.41, 5.74) is 1.37. The third-order valence-electron chi connectivity index (χ3n) is 8.80. The lowest BCUT2D eigenvalue weighted by Crippen LogP contribution is -2.31. The molecule has 0 amide bonds. The highest BCUT2D eigenvalue weighted by molar-refractivity contribution is 5.90. The van der Waals surface area contributed by atoms with E-state index in [0.29, 0.717) is 29.0 Å². The Morgan fingerprint density at radius 2 is 1.45 bits per heavy atom. The second-order valence-corrected chi connectivity index (χ2v) is 12.2. The molecule has 3 rings (SSSR count). The Bertz CT molecular complexity index is 1100. The highest BCUT2D eigenvalue weighted by Crippen LogP contribution is 2.41. The number of hydrogen-bond acceptors (Lipinski definition) is 4. The number of carbonyl (C=O) groups excluding carboxylic acids is 1. The molecule has 0 aliphatic heterocycles. The highest BCUT2D eigenvalue weighted by atomic mass is 19.1. The summed E-state index contributed by atoms with van der Waals surface area (Å²) in [5, 5.41) is 9.85. The number of unbranched alkanes of at least 4 members (excludes halogenated alkanes) is 11. The molecule has 1 aliphatic rings. The maximum Gasteiger partial charge on any atom is 0.338 e. The number of hydrogen-bond donors (Lipinski definition) is 0. The number of benzene rings is 2. The fraction of sp³-hybridized carbons (Fsp3) is 0.622. The smallest absolute Gasteiger partial charge is 0.338 e. The van der Waals surface area contributed by atoms with Gasteiger partial charge in [0.25, 0.3) is 0 Å². The molecule has 2 aromatic carbocycles. The summed E-state index contributed by atoms with van der Waals surface area (Å²) in [7, 11) is 0. The Hall–Kier alpha value is -2.87. The number of rotatable bonds is 19. The zero-order valence-electron chi connectivity index (χ0n) is 26.1. The maximum atomic E-state index is 14.9. The van der Waals surface area contributed by atoms with Crippen LogP contribution in [0.25, 0.3) is 11.1 Å². The van der Waals surface area contributed by atoms with Gasteiger partial charge >= 0.3 is 5.97 Å². The van der Waals surface area contributed by atoms with Gasteiger partial charge in [-0.05, 0) is 68.4 Å². The van der Waals surface area contributed by atoms with Crippen LogP contribution in [0.1, 0.15) is 140 Å². The van der Waals surface area contributed by atoms with E-state index in [9.17, 15) is 14.4 Å². The van der Waals surface area contributed by atoms with Crippen molar-refractivity contribution in [3.63, 3.8) is 0 Å². The van der Waals surface area contributed by atoms with E-state index in [0.717, 1.165) is 51.4 Å². The summed E-state index contributed by atoms with van der Waals surface area (Å²) < 4.78 is 26.5. The topological polar surface area (TPSA) is 59.3 Å². The third-order valence-corrected chi connectivity index (χ3v) is 8.80. The molecule has 42 heavy (non-hydrogen) atoms. The molecule has 0 N–H and O–H groups in total. The molecule has 0 saturated heterocycles. The number of carbonyl (C=O) groups is 1. The summed E-state index contributed by atoms with van der Waals surface area (Å²) in [6, 6.07) is 14.5. The predicted molar refractivity (Wildman–Crippen MR) is 169 cm³/mol. The maximum absolute atomic E-state index is 14.9. The van der Waals surface area contributed by atoms with Crippen molar-refractivity contribution in [1.82, 2.24) is 0 Å². The number of ether oxygens (including phenoxy) is 2. The minimum atomic E-state index is -0.360. The van der Waals surface area contributed by atoms with E-state index in [1.807, 2.05) is 0 Å². The molecule has 1 aliphatic carbocycles. The first-order valence-corrected chi connectivity index (χ1v) is 16.7. The fourth-order valence-corrected chi connectivity index (χ4v) is 6.00. The number of halogens is 1. The molecule has 0 unspecified atom stereocenters. The molecule has 4 nitrogen and oxygen atoms in total. The number of esters is 1. The van der Waals surface area contributed by atoms with Crippen molar-refractivity contribution in [2.75, 3.05) is 6.61 Å². The number of nitriles is 1. The lowest BCUT2D eigenvalue weighted by Gasteiger charge is -2.34. The van der Waals surface area contributed by atoms with Crippen molar-refractivity contribution in [3.05, 3.63) is 53.8 Å². The summed E-state index contributed by atoms with van der Waals surface area (Å²) in [6.45, 7) is 5.04. The Balaban J connectivity index is 1.41. The molecule has 0 aromatic heterocycles. The molecule has 0 heterocycles. The molecule has 0 spiro atoms. The zero-order chi connectivity index (χ0) is 30.0. The Labute approximate surface area is 254 Å². The average molecular weight is 578 g/mol. The van der Waals surface area contributed by atoms with Crippen molar-refractivity contribution in [3.8, 4) is 22.9 Å². The van der Waals surface area contributed by atoms with Gasteiger partial charge in [-0.1, -0.05) is 103 Å². The van der Waals surface area contributed by atoms with Gasteiger partial charge in [-0.25, -0.2) is 9.18 Å². The van der Waals surface area contributed by atoms with Gasteiger partial charge in [0.05, 0.1) is 23.7 Å². The monoisotopic (exact) mass is 577 g/mol. The second kappa shape index (κ2) is 18.6. The van der Waals surface area contributed by atoms with Crippen molar-refractivity contribution in [2.24, 2.45) is 5.41 Å². The minimum Gasteiger partial charge on any atom is -0.493 e. The first kappa shape index (κ1) is 33.6. The SMILES string of the molecule is CCCCCCCCCCOc1ccc(-c2ccc(C(=O)OC3CCC(C#N)(CCCCCCC)CC3)cc2)c(F)c1. The van der Waals surface area contributed by atoms with Crippen LogP contribution in [0.15, 0.2) is 42.5 Å². The minimum absolute atomic E-state index is 0.158. The first-order chi connectivity index (χ1) is 20.5. The summed E-state index contributed by atoms with van der Waals surface area (Å²) in [5.74, 6) is -0.156. The van der Waals surface area contributed by atoms with Crippen LogP contribution in [-0.4, -0.2) is 18.7 Å². The summed E-state index contributed by atoms with van der Waals surface area (Å²) >= 11 is 0. The highest BCUT2D eigenvalue weighted by Gasteiger charge is 2.36. The predicted octanol–water partition coefficient (Wildman–Crippen LogP) is 11.0. The summed E-state index contributed by atoms with van der Waals surface area (Å²) in [6.07, 6.45) is 19.7. The van der Waals surface area contributed by atoms with E-state index in [-0.39, 0.29) is 23.3 Å². The first-order valence-electron chi connectivity index (χ1n) is 16.7. The molecule has 0 radical (unpaired) electrons. The lowest BCUT2D eigenvalue weighted by molar-refractivity contribution is 0.0105. The van der Waals surface area contributed by atoms with E-state index in [4.69, 9.17) is 9.47 Å². The van der Waals surface area contributed by atoms with Crippen LogP contribution >= 0.6 is 0 Å². The van der Waals surface area contributed by atoms with Crippen LogP contribution in [0.5, 0.6) is 5.75 Å². The average Bonchev–Trinajstić information content (AvgIpc) is 3.01. The molecular weight excluding hydrogens is 525 g/mol. The Morgan fingerprint density at radius 3 is 2.05 bits per heavy atom. The van der Waals surface area contributed by atoms with Gasteiger partial charge in [0.2, 0.25) is 0 Å². The van der Waals surface area contributed by atoms with Crippen molar-refractivity contribution in [1.29, 1.82) is 5.26 Å². The van der Waals surface area contributed by atoms with Crippen LogP contribution in [-0.2, 0) is 4.74 Å². The summed E-state index contributed by atoms with van der Waals surface area (Å²) in [4.78, 5) is 12.8. The van der Waals surface area contributed by atoms with E-state index in [2.05, 4.69) is 19.9 Å². The van der Waals surface area contributed by atoms with Crippen LogP contribution in [0.2, 0.25) is 0 Å². The van der Waals surface area contributed by atoms with Crippen LogP contribution in [0, 0.1) is 22.6 Å². The van der Waals surface area contributed by atoms with Crippen molar-refractivity contribution < 1.29 is 18.7 Å². The molecular formula is C37H52FNO3. The normalized spacial score (nSPS) is 18.4. The van der Waals surface area contributed by atoms with E-state index >= 15 is 0 Å². The quantitative estimate of drug-likeness (QED) is 0.123. The number of nitrogens with zero attached hydrogens (tertiary/aromatic N) is 1. The molecule has 230 valence electrons. The van der Waals surface area contributed by atoms with Gasteiger partial charge in [-0.2, -0.15) is 5.26 Å². The van der Waals surface area contributed by atoms with E-state index < -0.39 is 0 Å². The molecule has 0 atom stereocenters. The Kier molecular flexibility index (Phi) is 14.9. The molecule has 5 heteroatoms. The van der Waals surface area contributed by atoms with Crippen molar-refractivity contribution in [2.45, 2.75) is 136 Å². The second-order valence-electron chi connectivity index (χ2n) is 12.2. The molecule has 1 saturated carbocycles. The van der Waals surface area contributed by atoms with Crippen LogP contribution in [0.4, 0.5) is 4.39 Å². The zero-order valence-corrected chi connectivity index (χ0v) is 26.1. The largest absolute Gasteiger partial charge is 0.493 e. The molecule has 1 fully saturated rings. The van der Waals surface area contributed by atoms with Gasteiger partial charge < -0.3 is 9.47 Å². The Morgan fingerprint density at radius 1 is 0.857 bits per heavy atom. The van der Waals surface area contributed by atoms with Gasteiger partial charge in [-0.3, -0.25) is 0 Å². The fourth-order valence-electron chi connectivity index (χ4n) is 6.00. The van der Waals surface area contributed by atoms with Gasteiger partial charge in [0.15, 0.2) is 0 Å². The van der Waals surface area contributed by atoms with E-state index in [1.54, 1.807) is 36.4 Å². The third kappa shape index (κ3) is 11.1. The van der Waals surface area contributed by atoms with Crippen LogP contribution < -0.4 is 4.74 Å². The standard InChI is InChI=1S/C37H52FNO3/c1-3-5-7-9-10-11-13-15-27-41-33-20-21-34(35(38)28-33)30-16-18-31(19-17-30)36(40)42-32-22-25-37(29-39,26-23-32)24-14-12-8-6-4-2/h16-21,28,32H,3-15,22-27H2,1-2H3. The molecule has 0 bridgehead atoms. The van der Waals surface area contributed by atoms with Gasteiger partial charge in [-0.15, -0.1) is 0 Å². The lowest BCUT2D eigenvalue weighted by atomic mass is 9.71. The molecule has 2 aromatic rings. The van der Waals surface area contributed by atoms with Crippen molar-refractivity contribution >= 4 is 5.97 Å². The van der Waals surface area contributed by atoms with Gasteiger partial charge in [0, 0.05) is 11.6 Å². The van der Waals surface area contributed by atoms with Crippen LogP contribution in [0.3, 0.4) is 0 Å². The van der Waals surface area contributed by atoms with Gasteiger partial charge in [0.1, 0.15) is 17.7 Å². The van der Waals surface area contributed by atoms with E-state index in [1.165, 1.54) is 70.3 Å².